The molecule has 0 spiro atoms. The topological polar surface area (TPSA) is 72.2 Å². The van der Waals surface area contributed by atoms with Crippen molar-refractivity contribution < 1.29 is 8.42 Å². The molecule has 0 radical (unpaired) electrons. The van der Waals surface area contributed by atoms with Gasteiger partial charge in [-0.25, -0.2) is 13.1 Å². The Kier molecular flexibility index (Phi) is 3.58. The lowest BCUT2D eigenvalue weighted by Crippen LogP contribution is -2.27. The van der Waals surface area contributed by atoms with Crippen molar-refractivity contribution in [2.24, 2.45) is 5.92 Å². The molecule has 0 heterocycles. The third-order valence-corrected chi connectivity index (χ3v) is 5.28. The number of anilines is 1. The maximum absolute atomic E-state index is 12.1. The molecule has 1 aromatic rings. The molecule has 0 amide bonds. The van der Waals surface area contributed by atoms with Gasteiger partial charge in [-0.2, -0.15) is 0 Å². The second-order valence-electron chi connectivity index (χ2n) is 4.75. The van der Waals surface area contributed by atoms with E-state index in [1.807, 2.05) is 0 Å². The Morgan fingerprint density at radius 2 is 2.17 bits per heavy atom. The molecular weight excluding hydrogens is 272 g/mol. The van der Waals surface area contributed by atoms with E-state index in [1.54, 1.807) is 6.92 Å². The number of nitrogens with one attached hydrogen (secondary N) is 1. The summed E-state index contributed by atoms with van der Waals surface area (Å²) in [5.41, 5.74) is 6.84. The lowest BCUT2D eigenvalue weighted by atomic mass is 10.2. The van der Waals surface area contributed by atoms with Gasteiger partial charge in [-0.05, 0) is 37.0 Å². The Morgan fingerprint density at radius 3 is 2.67 bits per heavy atom. The summed E-state index contributed by atoms with van der Waals surface area (Å²) >= 11 is 5.96. The third-order valence-electron chi connectivity index (χ3n) is 3.42. The van der Waals surface area contributed by atoms with E-state index in [4.69, 9.17) is 17.3 Å². The van der Waals surface area contributed by atoms with Crippen molar-refractivity contribution in [2.75, 3.05) is 5.73 Å². The Balaban J connectivity index is 2.25. The number of hydrogen-bond acceptors (Lipinski definition) is 3. The van der Waals surface area contributed by atoms with Crippen LogP contribution in [-0.2, 0) is 10.0 Å². The van der Waals surface area contributed by atoms with Gasteiger partial charge in [0.05, 0.1) is 4.90 Å². The van der Waals surface area contributed by atoms with E-state index >= 15 is 0 Å². The zero-order valence-electron chi connectivity index (χ0n) is 10.4. The van der Waals surface area contributed by atoms with Gasteiger partial charge in [0.2, 0.25) is 10.0 Å². The van der Waals surface area contributed by atoms with Gasteiger partial charge in [-0.15, -0.1) is 0 Å². The summed E-state index contributed by atoms with van der Waals surface area (Å²) in [6, 6.07) is 2.95. The molecule has 0 saturated heterocycles. The Hall–Kier alpha value is -0.780. The highest BCUT2D eigenvalue weighted by molar-refractivity contribution is 7.89. The Bertz CT molecular complexity index is 548. The van der Waals surface area contributed by atoms with Gasteiger partial charge < -0.3 is 5.73 Å². The molecule has 0 bridgehead atoms. The zero-order chi connectivity index (χ0) is 13.5. The van der Waals surface area contributed by atoms with Crippen molar-refractivity contribution in [1.29, 1.82) is 0 Å². The summed E-state index contributed by atoms with van der Waals surface area (Å²) in [5, 5.41) is 0.373. The van der Waals surface area contributed by atoms with Crippen LogP contribution in [-0.4, -0.2) is 14.5 Å². The summed E-state index contributed by atoms with van der Waals surface area (Å²) < 4.78 is 26.9. The fourth-order valence-electron chi connectivity index (χ4n) is 1.94. The van der Waals surface area contributed by atoms with E-state index in [0.717, 1.165) is 12.8 Å². The molecule has 4 nitrogen and oxygen atoms in total. The molecule has 100 valence electrons. The minimum absolute atomic E-state index is 0.0568. The molecule has 2 atom stereocenters. The number of rotatable bonds is 4. The summed E-state index contributed by atoms with van der Waals surface area (Å²) in [4.78, 5) is 0.136. The lowest BCUT2D eigenvalue weighted by Gasteiger charge is -2.09. The van der Waals surface area contributed by atoms with Crippen molar-refractivity contribution >= 4 is 27.3 Å². The lowest BCUT2D eigenvalue weighted by molar-refractivity contribution is 0.576. The monoisotopic (exact) mass is 288 g/mol. The molecule has 6 heteroatoms. The van der Waals surface area contributed by atoms with Crippen LogP contribution in [0.3, 0.4) is 0 Å². The molecule has 3 N–H and O–H groups in total. The molecule has 1 fully saturated rings. The first-order valence-electron chi connectivity index (χ1n) is 5.93. The average molecular weight is 289 g/mol. The largest absolute Gasteiger partial charge is 0.398 e. The number of nitrogen functional groups attached to an aromatic ring is 1. The van der Waals surface area contributed by atoms with Crippen LogP contribution in [0, 0.1) is 12.8 Å². The molecule has 0 aliphatic heterocycles. The minimum Gasteiger partial charge on any atom is -0.398 e. The van der Waals surface area contributed by atoms with Crippen LogP contribution in [0.25, 0.3) is 0 Å². The van der Waals surface area contributed by atoms with E-state index in [9.17, 15) is 8.42 Å². The predicted octanol–water partition coefficient (Wildman–Crippen LogP) is 2.31. The van der Waals surface area contributed by atoms with Crippen LogP contribution in [0.4, 0.5) is 5.69 Å². The maximum Gasteiger partial charge on any atom is 0.240 e. The second-order valence-corrected chi connectivity index (χ2v) is 6.87. The van der Waals surface area contributed by atoms with E-state index in [-0.39, 0.29) is 10.9 Å². The normalized spacial score (nSPS) is 23.1. The Morgan fingerprint density at radius 1 is 1.50 bits per heavy atom. The third kappa shape index (κ3) is 2.63. The molecule has 2 rings (SSSR count). The van der Waals surface area contributed by atoms with E-state index in [0.29, 0.717) is 22.2 Å². The number of sulfonamides is 1. The highest BCUT2D eigenvalue weighted by atomic mass is 35.5. The van der Waals surface area contributed by atoms with Crippen LogP contribution < -0.4 is 10.5 Å². The van der Waals surface area contributed by atoms with Crippen LogP contribution in [0.2, 0.25) is 5.02 Å². The maximum atomic E-state index is 12.1. The predicted molar refractivity (Wildman–Crippen MR) is 73.1 cm³/mol. The zero-order valence-corrected chi connectivity index (χ0v) is 12.0. The van der Waals surface area contributed by atoms with Gasteiger partial charge in [0, 0.05) is 16.8 Å². The smallest absolute Gasteiger partial charge is 0.240 e. The average Bonchev–Trinajstić information content (AvgIpc) is 3.02. The number of halogens is 1. The molecule has 1 aliphatic carbocycles. The molecule has 1 aromatic carbocycles. The fourth-order valence-corrected chi connectivity index (χ4v) is 3.61. The molecule has 2 unspecified atom stereocenters. The van der Waals surface area contributed by atoms with Crippen molar-refractivity contribution in [3.05, 3.63) is 22.7 Å². The Labute approximate surface area is 113 Å². The SMILES string of the molecule is CCC1CC1NS(=O)(=O)c1cc(N)c(C)c(Cl)c1. The van der Waals surface area contributed by atoms with Gasteiger partial charge in [0.25, 0.3) is 0 Å². The summed E-state index contributed by atoms with van der Waals surface area (Å²) in [7, 11) is -3.52. The molecule has 0 aromatic heterocycles. The quantitative estimate of drug-likeness (QED) is 0.835. The van der Waals surface area contributed by atoms with Gasteiger partial charge >= 0.3 is 0 Å². The first-order chi connectivity index (χ1) is 8.35. The molecular formula is C12H17ClN2O2S. The molecule has 1 aliphatic rings. The van der Waals surface area contributed by atoms with Crippen molar-refractivity contribution in [2.45, 2.75) is 37.6 Å². The van der Waals surface area contributed by atoms with Crippen molar-refractivity contribution in [1.82, 2.24) is 4.72 Å². The van der Waals surface area contributed by atoms with Crippen LogP contribution >= 0.6 is 11.6 Å². The minimum atomic E-state index is -3.52. The fraction of sp³-hybridized carbons (Fsp3) is 0.500. The second kappa shape index (κ2) is 4.72. The van der Waals surface area contributed by atoms with E-state index < -0.39 is 10.0 Å². The number of nitrogens with two attached hydrogens (primary N) is 1. The van der Waals surface area contributed by atoms with Gasteiger partial charge in [0.15, 0.2) is 0 Å². The number of hydrogen-bond donors (Lipinski definition) is 2. The van der Waals surface area contributed by atoms with Crippen molar-refractivity contribution in [3.8, 4) is 0 Å². The van der Waals surface area contributed by atoms with Crippen LogP contribution in [0.1, 0.15) is 25.3 Å². The van der Waals surface area contributed by atoms with Gasteiger partial charge in [0.1, 0.15) is 0 Å². The van der Waals surface area contributed by atoms with Crippen molar-refractivity contribution in [3.63, 3.8) is 0 Å². The first kappa shape index (κ1) is 13.6. The van der Waals surface area contributed by atoms with Crippen LogP contribution in [0.5, 0.6) is 0 Å². The molecule has 1 saturated carbocycles. The summed E-state index contributed by atoms with van der Waals surface area (Å²) in [5.74, 6) is 0.457. The highest BCUT2D eigenvalue weighted by Crippen LogP contribution is 2.35. The van der Waals surface area contributed by atoms with E-state index in [2.05, 4.69) is 11.6 Å². The standard InChI is InChI=1S/C12H17ClN2O2S/c1-3-8-4-12(8)15-18(16,17)9-5-10(13)7(2)11(14)6-9/h5-6,8,12,15H,3-4,14H2,1-2H3. The molecule has 18 heavy (non-hydrogen) atoms. The summed E-state index contributed by atoms with van der Waals surface area (Å²) in [6.07, 6.45) is 1.90. The van der Waals surface area contributed by atoms with E-state index in [1.165, 1.54) is 12.1 Å². The summed E-state index contributed by atoms with van der Waals surface area (Å²) in [6.45, 7) is 3.81. The first-order valence-corrected chi connectivity index (χ1v) is 7.79. The highest BCUT2D eigenvalue weighted by Gasteiger charge is 2.38. The van der Waals surface area contributed by atoms with Gasteiger partial charge in [-0.3, -0.25) is 0 Å². The number of benzene rings is 1. The van der Waals surface area contributed by atoms with Crippen LogP contribution in [0.15, 0.2) is 17.0 Å². The van der Waals surface area contributed by atoms with Gasteiger partial charge in [-0.1, -0.05) is 24.9 Å².